The molecule has 114 valence electrons. The molecule has 0 aromatic heterocycles. The molecule has 1 rings (SSSR count). The SMILES string of the molecule is NC(=S)NN=Cc1cc(Br)c(OC(F)(F)F)c([N+](=O)[O-])c1. The standard InChI is InChI=1S/C9H6BrF3N4O3S/c10-5-1-4(3-15-16-8(14)21)2-6(17(18)19)7(5)20-9(11,12)13/h1-3H,(H3,14,16,21). The van der Waals surface area contributed by atoms with Gasteiger partial charge in [-0.05, 0) is 34.2 Å². The molecule has 3 N–H and O–H groups in total. The third kappa shape index (κ3) is 5.51. The van der Waals surface area contributed by atoms with E-state index in [0.717, 1.165) is 18.3 Å². The van der Waals surface area contributed by atoms with Crippen molar-refractivity contribution in [2.24, 2.45) is 10.8 Å². The maximum atomic E-state index is 12.2. The number of nitrogens with one attached hydrogen (secondary N) is 1. The van der Waals surface area contributed by atoms with Crippen molar-refractivity contribution in [2.45, 2.75) is 6.36 Å². The first-order valence-electron chi connectivity index (χ1n) is 4.92. The zero-order valence-electron chi connectivity index (χ0n) is 9.85. The monoisotopic (exact) mass is 386 g/mol. The number of thiocarbonyl (C=S) groups is 1. The first-order valence-corrected chi connectivity index (χ1v) is 6.12. The number of nitro benzene ring substituents is 1. The van der Waals surface area contributed by atoms with Crippen molar-refractivity contribution in [3.05, 3.63) is 32.3 Å². The van der Waals surface area contributed by atoms with E-state index in [1.165, 1.54) is 0 Å². The fourth-order valence-electron chi connectivity index (χ4n) is 1.20. The Morgan fingerprint density at radius 1 is 1.57 bits per heavy atom. The van der Waals surface area contributed by atoms with Crippen LogP contribution in [0.3, 0.4) is 0 Å². The molecule has 0 fully saturated rings. The van der Waals surface area contributed by atoms with Crippen molar-refractivity contribution in [1.29, 1.82) is 0 Å². The van der Waals surface area contributed by atoms with Gasteiger partial charge in [-0.3, -0.25) is 15.5 Å². The Labute approximate surface area is 129 Å². The van der Waals surface area contributed by atoms with E-state index in [0.29, 0.717) is 0 Å². The van der Waals surface area contributed by atoms with Crippen LogP contribution >= 0.6 is 28.1 Å². The summed E-state index contributed by atoms with van der Waals surface area (Å²) in [7, 11) is 0. The van der Waals surface area contributed by atoms with Gasteiger partial charge in [0.05, 0.1) is 15.6 Å². The molecule has 21 heavy (non-hydrogen) atoms. The van der Waals surface area contributed by atoms with E-state index in [9.17, 15) is 23.3 Å². The van der Waals surface area contributed by atoms with Crippen LogP contribution in [0.2, 0.25) is 0 Å². The summed E-state index contributed by atoms with van der Waals surface area (Å²) in [6, 6.07) is 2.01. The number of alkyl halides is 3. The topological polar surface area (TPSA) is 103 Å². The molecule has 0 bridgehead atoms. The number of hydrogen-bond acceptors (Lipinski definition) is 5. The molecule has 0 heterocycles. The molecular weight excluding hydrogens is 381 g/mol. The van der Waals surface area contributed by atoms with E-state index < -0.39 is 22.7 Å². The van der Waals surface area contributed by atoms with Gasteiger partial charge in [0.2, 0.25) is 5.75 Å². The van der Waals surface area contributed by atoms with Gasteiger partial charge in [0.15, 0.2) is 5.11 Å². The van der Waals surface area contributed by atoms with Crippen molar-refractivity contribution < 1.29 is 22.8 Å². The van der Waals surface area contributed by atoms with Crippen molar-refractivity contribution in [3.8, 4) is 5.75 Å². The number of nitrogens with zero attached hydrogens (tertiary/aromatic N) is 2. The van der Waals surface area contributed by atoms with Crippen LogP contribution in [-0.4, -0.2) is 22.6 Å². The maximum absolute atomic E-state index is 12.2. The second-order valence-corrected chi connectivity index (χ2v) is 4.68. The van der Waals surface area contributed by atoms with Crippen LogP contribution in [0.1, 0.15) is 5.56 Å². The van der Waals surface area contributed by atoms with Crippen molar-refractivity contribution >= 4 is 45.2 Å². The van der Waals surface area contributed by atoms with Gasteiger partial charge < -0.3 is 10.5 Å². The van der Waals surface area contributed by atoms with E-state index in [-0.39, 0.29) is 15.1 Å². The summed E-state index contributed by atoms with van der Waals surface area (Å²) in [6.45, 7) is 0. The lowest BCUT2D eigenvalue weighted by Crippen LogP contribution is -2.24. The van der Waals surface area contributed by atoms with Crippen LogP contribution in [0.25, 0.3) is 0 Å². The summed E-state index contributed by atoms with van der Waals surface area (Å²) in [5.74, 6) is -0.952. The zero-order chi connectivity index (χ0) is 16.2. The lowest BCUT2D eigenvalue weighted by molar-refractivity contribution is -0.388. The molecule has 0 aliphatic rings. The highest BCUT2D eigenvalue weighted by Gasteiger charge is 2.35. The summed E-state index contributed by atoms with van der Waals surface area (Å²) in [4.78, 5) is 9.82. The lowest BCUT2D eigenvalue weighted by atomic mass is 10.2. The Balaban J connectivity index is 3.21. The third-order valence-corrected chi connectivity index (χ3v) is 2.53. The Morgan fingerprint density at radius 3 is 2.67 bits per heavy atom. The summed E-state index contributed by atoms with van der Waals surface area (Å²) >= 11 is 7.25. The summed E-state index contributed by atoms with van der Waals surface area (Å²) < 4.78 is 40.1. The first-order chi connectivity index (χ1) is 9.60. The Hall–Kier alpha value is -1.95. The highest BCUT2D eigenvalue weighted by atomic mass is 79.9. The molecular formula is C9H6BrF3N4O3S. The molecule has 0 atom stereocenters. The molecule has 1 aromatic rings. The molecule has 0 unspecified atom stereocenters. The van der Waals surface area contributed by atoms with Gasteiger partial charge in [-0.2, -0.15) is 5.10 Å². The first kappa shape index (κ1) is 17.1. The number of rotatable bonds is 4. The number of benzene rings is 1. The highest BCUT2D eigenvalue weighted by Crippen LogP contribution is 2.39. The van der Waals surface area contributed by atoms with Crippen molar-refractivity contribution in [1.82, 2.24) is 5.43 Å². The van der Waals surface area contributed by atoms with Crippen molar-refractivity contribution in [3.63, 3.8) is 0 Å². The average Bonchev–Trinajstić information content (AvgIpc) is 2.29. The minimum Gasteiger partial charge on any atom is -0.397 e. The van der Waals surface area contributed by atoms with E-state index in [1.807, 2.05) is 0 Å². The number of ether oxygens (including phenoxy) is 1. The summed E-state index contributed by atoms with van der Waals surface area (Å²) in [5, 5.41) is 14.2. The largest absolute Gasteiger partial charge is 0.573 e. The highest BCUT2D eigenvalue weighted by molar-refractivity contribution is 9.10. The van der Waals surface area contributed by atoms with Gasteiger partial charge in [0.1, 0.15) is 0 Å². The minimum atomic E-state index is -5.06. The van der Waals surface area contributed by atoms with Crippen LogP contribution in [0.5, 0.6) is 5.75 Å². The average molecular weight is 387 g/mol. The number of halogens is 4. The second kappa shape index (κ2) is 6.67. The minimum absolute atomic E-state index is 0.131. The third-order valence-electron chi connectivity index (χ3n) is 1.85. The Kier molecular flexibility index (Phi) is 5.43. The smallest absolute Gasteiger partial charge is 0.397 e. The number of nitro groups is 1. The van der Waals surface area contributed by atoms with Crippen LogP contribution in [0.15, 0.2) is 21.7 Å². The van der Waals surface area contributed by atoms with Gasteiger partial charge in [0.25, 0.3) is 0 Å². The molecule has 7 nitrogen and oxygen atoms in total. The van der Waals surface area contributed by atoms with E-state index in [1.54, 1.807) is 0 Å². The number of hydrazone groups is 1. The quantitative estimate of drug-likeness (QED) is 0.356. The lowest BCUT2D eigenvalue weighted by Gasteiger charge is -2.11. The summed E-state index contributed by atoms with van der Waals surface area (Å²) in [5.41, 5.74) is 6.55. The zero-order valence-corrected chi connectivity index (χ0v) is 12.3. The number of hydrogen-bond donors (Lipinski definition) is 2. The van der Waals surface area contributed by atoms with Crippen LogP contribution in [-0.2, 0) is 0 Å². The van der Waals surface area contributed by atoms with Crippen molar-refractivity contribution in [2.75, 3.05) is 0 Å². The Bertz CT molecular complexity index is 609. The molecule has 12 heteroatoms. The number of nitrogens with two attached hydrogens (primary N) is 1. The fourth-order valence-corrected chi connectivity index (χ4v) is 1.80. The summed E-state index contributed by atoms with van der Waals surface area (Å²) in [6.07, 6.45) is -3.97. The molecule has 0 amide bonds. The van der Waals surface area contributed by atoms with Gasteiger partial charge in [0, 0.05) is 11.6 Å². The van der Waals surface area contributed by atoms with Gasteiger partial charge in [-0.1, -0.05) is 0 Å². The predicted molar refractivity (Wildman–Crippen MR) is 75.0 cm³/mol. The molecule has 0 radical (unpaired) electrons. The molecule has 0 aliphatic carbocycles. The van der Waals surface area contributed by atoms with E-state index in [4.69, 9.17) is 5.73 Å². The second-order valence-electron chi connectivity index (χ2n) is 3.39. The molecule has 0 aliphatic heterocycles. The van der Waals surface area contributed by atoms with E-state index >= 15 is 0 Å². The van der Waals surface area contributed by atoms with Gasteiger partial charge in [-0.15, -0.1) is 13.2 Å². The molecule has 0 spiro atoms. The maximum Gasteiger partial charge on any atom is 0.573 e. The van der Waals surface area contributed by atoms with Gasteiger partial charge >= 0.3 is 12.0 Å². The Morgan fingerprint density at radius 2 is 2.19 bits per heavy atom. The molecule has 0 saturated heterocycles. The van der Waals surface area contributed by atoms with Gasteiger partial charge in [-0.25, -0.2) is 0 Å². The molecule has 0 saturated carbocycles. The van der Waals surface area contributed by atoms with Crippen LogP contribution in [0.4, 0.5) is 18.9 Å². The normalized spacial score (nSPS) is 11.4. The predicted octanol–water partition coefficient (Wildman–Crippen LogP) is 2.42. The van der Waals surface area contributed by atoms with Crippen LogP contribution in [0, 0.1) is 10.1 Å². The molecule has 1 aromatic carbocycles. The fraction of sp³-hybridized carbons (Fsp3) is 0.111. The van der Waals surface area contributed by atoms with Crippen LogP contribution < -0.4 is 15.9 Å². The van der Waals surface area contributed by atoms with E-state index in [2.05, 4.69) is 43.4 Å².